The van der Waals surface area contributed by atoms with Crippen molar-refractivity contribution in [3.05, 3.63) is 41.6 Å². The largest absolute Gasteiger partial charge is 0.466 e. The van der Waals surface area contributed by atoms with Gasteiger partial charge in [-0.05, 0) is 19.1 Å². The zero-order chi connectivity index (χ0) is 14.4. The highest BCUT2D eigenvalue weighted by atomic mass is 19.1. The summed E-state index contributed by atoms with van der Waals surface area (Å²) in [5, 5.41) is 4.23. The average Bonchev–Trinajstić information content (AvgIpc) is 2.33. The van der Waals surface area contributed by atoms with Crippen LogP contribution in [-0.4, -0.2) is 19.1 Å². The second kappa shape index (κ2) is 6.48. The van der Waals surface area contributed by atoms with Crippen LogP contribution in [0.2, 0.25) is 0 Å². The SMILES string of the molecule is COC(=O)/C=C(/C)NC(=O)Nc1c(F)cccc1F. The van der Waals surface area contributed by atoms with Crippen molar-refractivity contribution >= 4 is 17.7 Å². The Morgan fingerprint density at radius 3 is 2.37 bits per heavy atom. The van der Waals surface area contributed by atoms with Crippen LogP contribution >= 0.6 is 0 Å². The van der Waals surface area contributed by atoms with Gasteiger partial charge in [0.2, 0.25) is 0 Å². The lowest BCUT2D eigenvalue weighted by molar-refractivity contribution is -0.134. The molecule has 0 unspecified atom stereocenters. The molecule has 1 aromatic rings. The second-order valence-electron chi connectivity index (χ2n) is 3.53. The van der Waals surface area contributed by atoms with E-state index in [0.29, 0.717) is 0 Å². The van der Waals surface area contributed by atoms with Gasteiger partial charge in [-0.15, -0.1) is 0 Å². The molecular formula is C12H12F2N2O3. The van der Waals surface area contributed by atoms with E-state index in [1.54, 1.807) is 0 Å². The van der Waals surface area contributed by atoms with Gasteiger partial charge < -0.3 is 15.4 Å². The van der Waals surface area contributed by atoms with E-state index in [0.717, 1.165) is 18.2 Å². The number of urea groups is 1. The Kier molecular flexibility index (Phi) is 4.99. The van der Waals surface area contributed by atoms with Crippen LogP contribution < -0.4 is 10.6 Å². The number of methoxy groups -OCH3 is 1. The number of hydrogen-bond acceptors (Lipinski definition) is 3. The van der Waals surface area contributed by atoms with Crippen LogP contribution in [0.3, 0.4) is 0 Å². The minimum absolute atomic E-state index is 0.168. The first kappa shape index (κ1) is 14.6. The number of ether oxygens (including phenoxy) is 1. The molecule has 2 N–H and O–H groups in total. The van der Waals surface area contributed by atoms with Crippen molar-refractivity contribution < 1.29 is 23.1 Å². The van der Waals surface area contributed by atoms with Gasteiger partial charge in [-0.3, -0.25) is 0 Å². The lowest BCUT2D eigenvalue weighted by Crippen LogP contribution is -2.28. The molecule has 1 aromatic carbocycles. The Morgan fingerprint density at radius 2 is 1.84 bits per heavy atom. The molecule has 0 aliphatic rings. The average molecular weight is 270 g/mol. The summed E-state index contributed by atoms with van der Waals surface area (Å²) >= 11 is 0. The molecule has 0 atom stereocenters. The van der Waals surface area contributed by atoms with Gasteiger partial charge in [0.15, 0.2) is 0 Å². The number of hydrogen-bond donors (Lipinski definition) is 2. The van der Waals surface area contributed by atoms with Gasteiger partial charge in [-0.25, -0.2) is 18.4 Å². The molecular weight excluding hydrogens is 258 g/mol. The van der Waals surface area contributed by atoms with Gasteiger partial charge in [-0.1, -0.05) is 6.07 Å². The number of benzene rings is 1. The number of halogens is 2. The minimum Gasteiger partial charge on any atom is -0.466 e. The predicted octanol–water partition coefficient (Wildman–Crippen LogP) is 2.16. The van der Waals surface area contributed by atoms with Crippen LogP contribution in [0.4, 0.5) is 19.3 Å². The van der Waals surface area contributed by atoms with Crippen molar-refractivity contribution in [2.75, 3.05) is 12.4 Å². The number of carbonyl (C=O) groups is 2. The van der Waals surface area contributed by atoms with Gasteiger partial charge in [-0.2, -0.15) is 0 Å². The van der Waals surface area contributed by atoms with Crippen molar-refractivity contribution in [1.29, 1.82) is 0 Å². The Morgan fingerprint density at radius 1 is 1.26 bits per heavy atom. The summed E-state index contributed by atoms with van der Waals surface area (Å²) in [6.07, 6.45) is 1.03. The number of nitrogens with one attached hydrogen (secondary N) is 2. The first-order valence-electron chi connectivity index (χ1n) is 5.22. The van der Waals surface area contributed by atoms with E-state index in [4.69, 9.17) is 0 Å². The normalized spacial score (nSPS) is 10.8. The summed E-state index contributed by atoms with van der Waals surface area (Å²) in [4.78, 5) is 22.3. The third-order valence-corrected chi connectivity index (χ3v) is 2.05. The fourth-order valence-electron chi connectivity index (χ4n) is 1.21. The lowest BCUT2D eigenvalue weighted by Gasteiger charge is -2.09. The van der Waals surface area contributed by atoms with E-state index >= 15 is 0 Å². The number of amides is 2. The molecule has 0 saturated heterocycles. The Hall–Kier alpha value is -2.44. The van der Waals surface area contributed by atoms with E-state index in [2.05, 4.69) is 10.1 Å². The quantitative estimate of drug-likeness (QED) is 0.653. The molecule has 0 fully saturated rings. The van der Waals surface area contributed by atoms with Gasteiger partial charge in [0.05, 0.1) is 7.11 Å². The molecule has 0 heterocycles. The maximum atomic E-state index is 13.2. The molecule has 0 spiro atoms. The fourth-order valence-corrected chi connectivity index (χ4v) is 1.21. The molecule has 0 aromatic heterocycles. The highest BCUT2D eigenvalue weighted by molar-refractivity contribution is 5.91. The topological polar surface area (TPSA) is 67.4 Å². The zero-order valence-corrected chi connectivity index (χ0v) is 10.3. The van der Waals surface area contributed by atoms with Crippen molar-refractivity contribution in [3.8, 4) is 0 Å². The van der Waals surface area contributed by atoms with Crippen molar-refractivity contribution in [2.45, 2.75) is 6.92 Å². The van der Waals surface area contributed by atoms with E-state index in [-0.39, 0.29) is 5.70 Å². The highest BCUT2D eigenvalue weighted by Crippen LogP contribution is 2.17. The first-order chi connectivity index (χ1) is 8.93. The van der Waals surface area contributed by atoms with Crippen LogP contribution in [0.1, 0.15) is 6.92 Å². The Bertz CT molecular complexity index is 509. The smallest absolute Gasteiger partial charge is 0.332 e. The van der Waals surface area contributed by atoms with E-state index in [1.165, 1.54) is 20.1 Å². The summed E-state index contributed by atoms with van der Waals surface area (Å²) in [7, 11) is 1.18. The molecule has 102 valence electrons. The van der Waals surface area contributed by atoms with Crippen LogP contribution in [0, 0.1) is 11.6 Å². The summed E-state index contributed by atoms with van der Waals surface area (Å²) < 4.78 is 30.8. The summed E-state index contributed by atoms with van der Waals surface area (Å²) in [6, 6.07) is 2.32. The van der Waals surface area contributed by atoms with Gasteiger partial charge >= 0.3 is 12.0 Å². The Balaban J connectivity index is 2.71. The maximum Gasteiger partial charge on any atom is 0.332 e. The van der Waals surface area contributed by atoms with Crippen molar-refractivity contribution in [3.63, 3.8) is 0 Å². The third-order valence-electron chi connectivity index (χ3n) is 2.05. The zero-order valence-electron chi connectivity index (χ0n) is 10.3. The lowest BCUT2D eigenvalue weighted by atomic mass is 10.3. The third kappa shape index (κ3) is 4.38. The number of anilines is 1. The molecule has 0 radical (unpaired) electrons. The highest BCUT2D eigenvalue weighted by Gasteiger charge is 2.11. The van der Waals surface area contributed by atoms with Gasteiger partial charge in [0.25, 0.3) is 0 Å². The molecule has 0 aliphatic carbocycles. The molecule has 1 rings (SSSR count). The minimum atomic E-state index is -0.898. The molecule has 2 amide bonds. The number of para-hydroxylation sites is 1. The predicted molar refractivity (Wildman–Crippen MR) is 64.3 cm³/mol. The number of allylic oxidation sites excluding steroid dienone is 1. The summed E-state index contributed by atoms with van der Waals surface area (Å²) in [6.45, 7) is 1.42. The van der Waals surface area contributed by atoms with Crippen LogP contribution in [-0.2, 0) is 9.53 Å². The molecule has 5 nitrogen and oxygen atoms in total. The van der Waals surface area contributed by atoms with Crippen LogP contribution in [0.25, 0.3) is 0 Å². The van der Waals surface area contributed by atoms with Crippen molar-refractivity contribution in [1.82, 2.24) is 5.32 Å². The van der Waals surface area contributed by atoms with E-state index in [1.807, 2.05) is 5.32 Å². The molecule has 7 heteroatoms. The molecule has 0 bridgehead atoms. The molecule has 19 heavy (non-hydrogen) atoms. The van der Waals surface area contributed by atoms with E-state index in [9.17, 15) is 18.4 Å². The maximum absolute atomic E-state index is 13.2. The number of esters is 1. The van der Waals surface area contributed by atoms with Gasteiger partial charge in [0, 0.05) is 11.8 Å². The fraction of sp³-hybridized carbons (Fsp3) is 0.167. The Labute approximate surface area is 108 Å². The molecule has 0 saturated carbocycles. The van der Waals surface area contributed by atoms with Crippen LogP contribution in [0.5, 0.6) is 0 Å². The first-order valence-corrected chi connectivity index (χ1v) is 5.22. The molecule has 0 aliphatic heterocycles. The van der Waals surface area contributed by atoms with Gasteiger partial charge in [0.1, 0.15) is 17.3 Å². The number of rotatable bonds is 3. The van der Waals surface area contributed by atoms with Crippen LogP contribution in [0.15, 0.2) is 30.0 Å². The standard InChI is InChI=1S/C12H12F2N2O3/c1-7(6-10(17)19-2)15-12(18)16-11-8(13)4-3-5-9(11)14/h3-6H,1-2H3,(H2,15,16,18)/b7-6-. The summed E-state index contributed by atoms with van der Waals surface area (Å²) in [5.41, 5.74) is -0.396. The second-order valence-corrected chi connectivity index (χ2v) is 3.53. The monoisotopic (exact) mass is 270 g/mol. The summed E-state index contributed by atoms with van der Waals surface area (Å²) in [5.74, 6) is -2.45. The van der Waals surface area contributed by atoms with Crippen molar-refractivity contribution in [2.24, 2.45) is 0 Å². The van der Waals surface area contributed by atoms with E-state index < -0.39 is 29.3 Å². The number of carbonyl (C=O) groups excluding carboxylic acids is 2.